The van der Waals surface area contributed by atoms with Crippen LogP contribution in [0.3, 0.4) is 0 Å². The molecule has 0 saturated carbocycles. The minimum absolute atomic E-state index is 0.0463. The van der Waals surface area contributed by atoms with Crippen molar-refractivity contribution in [2.75, 3.05) is 7.11 Å². The molecule has 0 amide bonds. The third kappa shape index (κ3) is 2.17. The number of rotatable bonds is 3. The Bertz CT molecular complexity index is 440. The molecule has 78 valence electrons. The second kappa shape index (κ2) is 4.62. The van der Waals surface area contributed by atoms with Crippen molar-refractivity contribution in [2.45, 2.75) is 5.88 Å². The van der Waals surface area contributed by atoms with E-state index in [9.17, 15) is 10.1 Å². The molecule has 0 N–H and O–H groups in total. The molecule has 0 saturated heterocycles. The Kier molecular flexibility index (Phi) is 3.47. The smallest absolute Gasteiger partial charge is 0.328 e. The van der Waals surface area contributed by atoms with Gasteiger partial charge in [-0.15, -0.1) is 11.6 Å². The monoisotopic (exact) mass is 226 g/mol. The van der Waals surface area contributed by atoms with Crippen molar-refractivity contribution in [3.05, 3.63) is 33.4 Å². The van der Waals surface area contributed by atoms with Crippen molar-refractivity contribution in [3.8, 4) is 11.8 Å². The van der Waals surface area contributed by atoms with Crippen molar-refractivity contribution < 1.29 is 9.66 Å². The van der Waals surface area contributed by atoms with Crippen molar-refractivity contribution in [1.29, 1.82) is 5.26 Å². The molecular formula is C9H7ClN2O3. The highest BCUT2D eigenvalue weighted by atomic mass is 35.5. The number of benzene rings is 1. The first-order chi connectivity index (χ1) is 7.13. The molecule has 0 aromatic heterocycles. The SMILES string of the molecule is COc1cc(CCl)cc(C#N)c1[N+](=O)[O-]. The highest BCUT2D eigenvalue weighted by Gasteiger charge is 2.21. The Balaban J connectivity index is 3.48. The van der Waals surface area contributed by atoms with Crippen LogP contribution in [0.1, 0.15) is 11.1 Å². The van der Waals surface area contributed by atoms with Crippen LogP contribution < -0.4 is 4.74 Å². The first-order valence-corrected chi connectivity index (χ1v) is 4.48. The molecule has 0 spiro atoms. The summed E-state index contributed by atoms with van der Waals surface area (Å²) < 4.78 is 4.84. The average molecular weight is 227 g/mol. The van der Waals surface area contributed by atoms with Gasteiger partial charge in [0.1, 0.15) is 11.6 Å². The van der Waals surface area contributed by atoms with Gasteiger partial charge in [0.05, 0.1) is 12.0 Å². The van der Waals surface area contributed by atoms with Crippen LogP contribution in [0.5, 0.6) is 5.75 Å². The lowest BCUT2D eigenvalue weighted by molar-refractivity contribution is -0.386. The number of ether oxygens (including phenoxy) is 1. The highest BCUT2D eigenvalue weighted by molar-refractivity contribution is 6.17. The van der Waals surface area contributed by atoms with Crippen molar-refractivity contribution >= 4 is 17.3 Å². The maximum atomic E-state index is 10.7. The van der Waals surface area contributed by atoms with Crippen LogP contribution in [0, 0.1) is 21.4 Å². The fourth-order valence-electron chi connectivity index (χ4n) is 1.17. The Morgan fingerprint density at radius 3 is 2.73 bits per heavy atom. The van der Waals surface area contributed by atoms with E-state index in [2.05, 4.69) is 0 Å². The van der Waals surface area contributed by atoms with Crippen LogP contribution in [0.15, 0.2) is 12.1 Å². The summed E-state index contributed by atoms with van der Waals surface area (Å²) in [6, 6.07) is 4.58. The first-order valence-electron chi connectivity index (χ1n) is 3.95. The van der Waals surface area contributed by atoms with E-state index in [0.717, 1.165) is 0 Å². The quantitative estimate of drug-likeness (QED) is 0.450. The van der Waals surface area contributed by atoms with Gasteiger partial charge in [-0.2, -0.15) is 5.26 Å². The normalized spacial score (nSPS) is 9.40. The van der Waals surface area contributed by atoms with Crippen LogP contribution in [0.4, 0.5) is 5.69 Å². The zero-order valence-electron chi connectivity index (χ0n) is 7.86. The van der Waals surface area contributed by atoms with Gasteiger partial charge in [0, 0.05) is 5.88 Å². The van der Waals surface area contributed by atoms with Gasteiger partial charge in [-0.25, -0.2) is 0 Å². The van der Waals surface area contributed by atoms with Crippen LogP contribution in [-0.4, -0.2) is 12.0 Å². The fraction of sp³-hybridized carbons (Fsp3) is 0.222. The standard InChI is InChI=1S/C9H7ClN2O3/c1-15-8-3-6(4-10)2-7(5-11)9(8)12(13)14/h2-3H,4H2,1H3. The van der Waals surface area contributed by atoms with Crippen molar-refractivity contribution in [2.24, 2.45) is 0 Å². The second-order valence-corrected chi connectivity index (χ2v) is 2.96. The summed E-state index contributed by atoms with van der Waals surface area (Å²) in [4.78, 5) is 10.1. The van der Waals surface area contributed by atoms with Gasteiger partial charge in [0.15, 0.2) is 5.75 Å². The Labute approximate surface area is 91.0 Å². The van der Waals surface area contributed by atoms with E-state index in [4.69, 9.17) is 21.6 Å². The zero-order chi connectivity index (χ0) is 11.4. The molecule has 15 heavy (non-hydrogen) atoms. The minimum Gasteiger partial charge on any atom is -0.490 e. The molecule has 0 heterocycles. The number of nitriles is 1. The molecule has 1 rings (SSSR count). The average Bonchev–Trinajstić information content (AvgIpc) is 2.26. The summed E-state index contributed by atoms with van der Waals surface area (Å²) >= 11 is 5.58. The number of hydrogen-bond acceptors (Lipinski definition) is 4. The third-order valence-electron chi connectivity index (χ3n) is 1.81. The van der Waals surface area contributed by atoms with Gasteiger partial charge >= 0.3 is 5.69 Å². The minimum atomic E-state index is -0.643. The molecule has 0 unspecified atom stereocenters. The van der Waals surface area contributed by atoms with Crippen LogP contribution >= 0.6 is 11.6 Å². The van der Waals surface area contributed by atoms with Crippen molar-refractivity contribution in [1.82, 2.24) is 0 Å². The molecule has 6 heteroatoms. The highest BCUT2D eigenvalue weighted by Crippen LogP contribution is 2.32. The summed E-state index contributed by atoms with van der Waals surface area (Å²) in [6.45, 7) is 0. The van der Waals surface area contributed by atoms with Gasteiger partial charge < -0.3 is 4.74 Å². The third-order valence-corrected chi connectivity index (χ3v) is 2.12. The number of halogens is 1. The van der Waals surface area contributed by atoms with E-state index in [1.165, 1.54) is 19.2 Å². The van der Waals surface area contributed by atoms with E-state index in [1.807, 2.05) is 0 Å². The number of methoxy groups -OCH3 is 1. The lowest BCUT2D eigenvalue weighted by Gasteiger charge is -2.04. The predicted molar refractivity (Wildman–Crippen MR) is 53.9 cm³/mol. The predicted octanol–water partition coefficient (Wildman–Crippen LogP) is 2.21. The summed E-state index contributed by atoms with van der Waals surface area (Å²) in [6.07, 6.45) is 0. The van der Waals surface area contributed by atoms with Crippen LogP contribution in [-0.2, 0) is 5.88 Å². The van der Waals surface area contributed by atoms with Gasteiger partial charge in [0.2, 0.25) is 0 Å². The topological polar surface area (TPSA) is 76.2 Å². The molecule has 1 aromatic rings. The van der Waals surface area contributed by atoms with Crippen molar-refractivity contribution in [3.63, 3.8) is 0 Å². The van der Waals surface area contributed by atoms with Crippen LogP contribution in [0.25, 0.3) is 0 Å². The van der Waals surface area contributed by atoms with Gasteiger partial charge in [-0.05, 0) is 17.7 Å². The number of nitro benzene ring substituents is 1. The number of nitrogens with zero attached hydrogens (tertiary/aromatic N) is 2. The molecule has 0 aliphatic heterocycles. The number of nitro groups is 1. The Hall–Kier alpha value is -1.80. The molecule has 0 aliphatic rings. The molecule has 0 bridgehead atoms. The Morgan fingerprint density at radius 2 is 2.33 bits per heavy atom. The molecule has 0 fully saturated rings. The van der Waals surface area contributed by atoms with E-state index in [1.54, 1.807) is 6.07 Å². The van der Waals surface area contributed by atoms with E-state index >= 15 is 0 Å². The number of hydrogen-bond donors (Lipinski definition) is 0. The largest absolute Gasteiger partial charge is 0.490 e. The summed E-state index contributed by atoms with van der Waals surface area (Å²) in [5, 5.41) is 19.5. The van der Waals surface area contributed by atoms with Gasteiger partial charge in [0.25, 0.3) is 0 Å². The molecule has 1 aromatic carbocycles. The zero-order valence-corrected chi connectivity index (χ0v) is 8.61. The summed E-state index contributed by atoms with van der Waals surface area (Å²) in [7, 11) is 1.31. The van der Waals surface area contributed by atoms with Gasteiger partial charge in [-0.1, -0.05) is 0 Å². The molecular weight excluding hydrogens is 220 g/mol. The number of alkyl halides is 1. The first kappa shape index (κ1) is 11.3. The lowest BCUT2D eigenvalue weighted by atomic mass is 10.1. The Morgan fingerprint density at radius 1 is 1.67 bits per heavy atom. The fourth-order valence-corrected chi connectivity index (χ4v) is 1.33. The molecule has 0 radical (unpaired) electrons. The maximum Gasteiger partial charge on any atom is 0.328 e. The van der Waals surface area contributed by atoms with E-state index < -0.39 is 4.92 Å². The molecule has 0 atom stereocenters. The lowest BCUT2D eigenvalue weighted by Crippen LogP contribution is -1.98. The van der Waals surface area contributed by atoms with Crippen LogP contribution in [0.2, 0.25) is 0 Å². The second-order valence-electron chi connectivity index (χ2n) is 2.70. The molecule has 0 aliphatic carbocycles. The maximum absolute atomic E-state index is 10.7. The van der Waals surface area contributed by atoms with E-state index in [0.29, 0.717) is 5.56 Å². The summed E-state index contributed by atoms with van der Waals surface area (Å²) in [5.74, 6) is 0.220. The summed E-state index contributed by atoms with van der Waals surface area (Å²) in [5.41, 5.74) is 0.236. The van der Waals surface area contributed by atoms with E-state index in [-0.39, 0.29) is 22.9 Å². The molecule has 5 nitrogen and oxygen atoms in total. The van der Waals surface area contributed by atoms with Gasteiger partial charge in [-0.3, -0.25) is 10.1 Å².